The summed E-state index contributed by atoms with van der Waals surface area (Å²) in [6.45, 7) is 1.89. The van der Waals surface area contributed by atoms with Crippen LogP contribution in [0.15, 0.2) is 29.5 Å². The number of hydrogen-bond acceptors (Lipinski definition) is 5. The zero-order chi connectivity index (χ0) is 16.3. The lowest BCUT2D eigenvalue weighted by molar-refractivity contribution is -0.136. The number of hydrogen-bond donors (Lipinski definition) is 2. The molecule has 0 spiro atoms. The van der Waals surface area contributed by atoms with Crippen molar-refractivity contribution < 1.29 is 19.4 Å². The molecule has 0 bridgehead atoms. The molecule has 0 aromatic heterocycles. The molecule has 7 heteroatoms. The molecular weight excluding hydrogens is 308 g/mol. The van der Waals surface area contributed by atoms with Gasteiger partial charge in [-0.1, -0.05) is 17.7 Å². The summed E-state index contributed by atoms with van der Waals surface area (Å²) >= 11 is 6.06. The molecule has 0 aliphatic carbocycles. The molecule has 1 amide bonds. The molecule has 1 aromatic carbocycles. The number of aliphatic hydroxyl groups excluding tert-OH is 1. The van der Waals surface area contributed by atoms with Crippen LogP contribution in [0.4, 0.5) is 5.69 Å². The van der Waals surface area contributed by atoms with Gasteiger partial charge in [-0.2, -0.15) is 0 Å². The number of carbonyl (C=O) groups is 2. The number of amides is 1. The van der Waals surface area contributed by atoms with Gasteiger partial charge in [-0.3, -0.25) is 4.79 Å². The molecule has 0 unspecified atom stereocenters. The minimum atomic E-state index is -0.573. The standard InChI is InChI=1S/C15H17ClN2O4/c1-9-11(16)4-3-5-12(9)17-13-10(15(21)22-2)8-18(6-7-19)14(13)20/h3-5,17,19H,6-8H2,1-2H3. The lowest BCUT2D eigenvalue weighted by atomic mass is 10.1. The van der Waals surface area contributed by atoms with Crippen molar-refractivity contribution in [3.05, 3.63) is 40.1 Å². The third-order valence-corrected chi connectivity index (χ3v) is 3.89. The summed E-state index contributed by atoms with van der Waals surface area (Å²) in [5.74, 6) is -0.926. The van der Waals surface area contributed by atoms with E-state index >= 15 is 0 Å². The highest BCUT2D eigenvalue weighted by Crippen LogP contribution is 2.27. The number of aliphatic hydroxyl groups is 1. The first-order valence-corrected chi connectivity index (χ1v) is 7.11. The van der Waals surface area contributed by atoms with E-state index in [1.807, 2.05) is 6.92 Å². The lowest BCUT2D eigenvalue weighted by Crippen LogP contribution is -2.31. The zero-order valence-corrected chi connectivity index (χ0v) is 13.1. The molecule has 0 atom stereocenters. The van der Waals surface area contributed by atoms with E-state index in [0.717, 1.165) is 5.56 Å². The van der Waals surface area contributed by atoms with E-state index in [-0.39, 0.29) is 36.9 Å². The number of benzene rings is 1. The molecular formula is C15H17ClN2O4. The Morgan fingerprint density at radius 2 is 2.23 bits per heavy atom. The third kappa shape index (κ3) is 3.08. The van der Waals surface area contributed by atoms with Crippen LogP contribution in [-0.2, 0) is 14.3 Å². The van der Waals surface area contributed by atoms with Crippen molar-refractivity contribution in [1.29, 1.82) is 0 Å². The second kappa shape index (κ2) is 6.81. The summed E-state index contributed by atoms with van der Waals surface area (Å²) in [5.41, 5.74) is 1.81. The number of nitrogens with zero attached hydrogens (tertiary/aromatic N) is 1. The first-order chi connectivity index (χ1) is 10.5. The van der Waals surface area contributed by atoms with Gasteiger partial charge in [0.15, 0.2) is 0 Å². The summed E-state index contributed by atoms with van der Waals surface area (Å²) in [6.07, 6.45) is 0. The fraction of sp³-hybridized carbons (Fsp3) is 0.333. The van der Waals surface area contributed by atoms with Crippen LogP contribution in [0.5, 0.6) is 0 Å². The van der Waals surface area contributed by atoms with E-state index in [9.17, 15) is 9.59 Å². The zero-order valence-electron chi connectivity index (χ0n) is 12.4. The van der Waals surface area contributed by atoms with Crippen LogP contribution < -0.4 is 5.32 Å². The lowest BCUT2D eigenvalue weighted by Gasteiger charge is -2.15. The van der Waals surface area contributed by atoms with Gasteiger partial charge in [0.05, 0.1) is 25.8 Å². The maximum Gasteiger partial charge on any atom is 0.337 e. The van der Waals surface area contributed by atoms with Crippen LogP contribution >= 0.6 is 11.6 Å². The summed E-state index contributed by atoms with van der Waals surface area (Å²) < 4.78 is 4.73. The highest BCUT2D eigenvalue weighted by Gasteiger charge is 2.34. The van der Waals surface area contributed by atoms with Crippen molar-refractivity contribution in [2.45, 2.75) is 6.92 Å². The molecule has 1 aliphatic rings. The Balaban J connectivity index is 2.37. The van der Waals surface area contributed by atoms with E-state index in [4.69, 9.17) is 21.4 Å². The smallest absolute Gasteiger partial charge is 0.337 e. The largest absolute Gasteiger partial charge is 0.466 e. The van der Waals surface area contributed by atoms with Gasteiger partial charge >= 0.3 is 5.97 Å². The number of methoxy groups -OCH3 is 1. The van der Waals surface area contributed by atoms with Crippen LogP contribution in [-0.4, -0.2) is 48.7 Å². The molecule has 0 saturated heterocycles. The molecule has 1 aromatic rings. The number of β-amino-alcohol motifs (C(OH)–C–C–N with tert-alkyl or cyclic N) is 1. The predicted molar refractivity (Wildman–Crippen MR) is 82.5 cm³/mol. The number of anilines is 1. The van der Waals surface area contributed by atoms with Gasteiger partial charge in [0.25, 0.3) is 5.91 Å². The van der Waals surface area contributed by atoms with Crippen LogP contribution in [0.25, 0.3) is 0 Å². The van der Waals surface area contributed by atoms with Gasteiger partial charge in [0.1, 0.15) is 5.70 Å². The van der Waals surface area contributed by atoms with Gasteiger partial charge in [-0.15, -0.1) is 0 Å². The predicted octanol–water partition coefficient (Wildman–Crippen LogP) is 1.32. The average molecular weight is 325 g/mol. The summed E-state index contributed by atoms with van der Waals surface area (Å²) in [6, 6.07) is 5.26. The first-order valence-electron chi connectivity index (χ1n) is 6.73. The fourth-order valence-corrected chi connectivity index (χ4v) is 2.40. The van der Waals surface area contributed by atoms with Gasteiger partial charge < -0.3 is 20.1 Å². The Kier molecular flexibility index (Phi) is 5.05. The van der Waals surface area contributed by atoms with Gasteiger partial charge in [0.2, 0.25) is 0 Å². The van der Waals surface area contributed by atoms with Crippen molar-refractivity contribution in [1.82, 2.24) is 4.90 Å². The van der Waals surface area contributed by atoms with Crippen LogP contribution in [0, 0.1) is 6.92 Å². The average Bonchev–Trinajstić information content (AvgIpc) is 2.81. The van der Waals surface area contributed by atoms with Crippen molar-refractivity contribution in [2.75, 3.05) is 32.1 Å². The maximum atomic E-state index is 12.4. The Labute approximate surface area is 133 Å². The molecule has 1 heterocycles. The summed E-state index contributed by atoms with van der Waals surface area (Å²) in [5, 5.41) is 12.5. The molecule has 22 heavy (non-hydrogen) atoms. The van der Waals surface area contributed by atoms with E-state index in [1.165, 1.54) is 12.0 Å². The van der Waals surface area contributed by atoms with Crippen molar-refractivity contribution in [3.63, 3.8) is 0 Å². The number of carbonyl (C=O) groups excluding carboxylic acids is 2. The SMILES string of the molecule is COC(=O)C1=C(Nc2cccc(Cl)c2C)C(=O)N(CCO)C1. The van der Waals surface area contributed by atoms with Gasteiger partial charge in [-0.25, -0.2) is 4.79 Å². The Bertz CT molecular complexity index is 642. The molecule has 118 valence electrons. The molecule has 0 saturated carbocycles. The van der Waals surface area contributed by atoms with Crippen LogP contribution in [0.1, 0.15) is 5.56 Å². The molecule has 1 aliphatic heterocycles. The van der Waals surface area contributed by atoms with Crippen molar-refractivity contribution in [3.8, 4) is 0 Å². The summed E-state index contributed by atoms with van der Waals surface area (Å²) in [4.78, 5) is 25.6. The van der Waals surface area contributed by atoms with Crippen molar-refractivity contribution in [2.24, 2.45) is 0 Å². The van der Waals surface area contributed by atoms with Crippen LogP contribution in [0.2, 0.25) is 5.02 Å². The second-order valence-corrected chi connectivity index (χ2v) is 5.24. The topological polar surface area (TPSA) is 78.9 Å². The Morgan fingerprint density at radius 1 is 1.50 bits per heavy atom. The molecule has 0 fully saturated rings. The van der Waals surface area contributed by atoms with E-state index in [2.05, 4.69) is 5.32 Å². The van der Waals surface area contributed by atoms with Crippen LogP contribution in [0.3, 0.4) is 0 Å². The number of halogens is 1. The minimum absolute atomic E-state index is 0.105. The molecule has 2 N–H and O–H groups in total. The molecule has 2 rings (SSSR count). The van der Waals surface area contributed by atoms with E-state index in [0.29, 0.717) is 10.7 Å². The Morgan fingerprint density at radius 3 is 2.86 bits per heavy atom. The fourth-order valence-electron chi connectivity index (χ4n) is 2.23. The minimum Gasteiger partial charge on any atom is -0.466 e. The van der Waals surface area contributed by atoms with Gasteiger partial charge in [-0.05, 0) is 24.6 Å². The summed E-state index contributed by atoms with van der Waals surface area (Å²) in [7, 11) is 1.26. The highest BCUT2D eigenvalue weighted by molar-refractivity contribution is 6.31. The monoisotopic (exact) mass is 324 g/mol. The molecule has 6 nitrogen and oxygen atoms in total. The third-order valence-electron chi connectivity index (χ3n) is 3.48. The number of nitrogens with one attached hydrogen (secondary N) is 1. The normalized spacial score (nSPS) is 14.5. The first kappa shape index (κ1) is 16.3. The highest BCUT2D eigenvalue weighted by atomic mass is 35.5. The van der Waals surface area contributed by atoms with Crippen molar-refractivity contribution >= 4 is 29.2 Å². The second-order valence-electron chi connectivity index (χ2n) is 4.83. The number of ether oxygens (including phenoxy) is 1. The Hall–Kier alpha value is -2.05. The number of rotatable bonds is 5. The molecule has 0 radical (unpaired) electrons. The van der Waals surface area contributed by atoms with Gasteiger partial charge in [0, 0.05) is 17.3 Å². The van der Waals surface area contributed by atoms with E-state index < -0.39 is 5.97 Å². The van der Waals surface area contributed by atoms with E-state index in [1.54, 1.807) is 18.2 Å². The quantitative estimate of drug-likeness (QED) is 0.799. The maximum absolute atomic E-state index is 12.4. The number of esters is 1.